The molecule has 0 aliphatic heterocycles. The Morgan fingerprint density at radius 2 is 1.90 bits per heavy atom. The quantitative estimate of drug-likeness (QED) is 0.227. The lowest BCUT2D eigenvalue weighted by atomic mass is 10.1. The highest BCUT2D eigenvalue weighted by Crippen LogP contribution is 2.29. The Morgan fingerprint density at radius 3 is 2.61 bits per heavy atom. The lowest BCUT2D eigenvalue weighted by Crippen LogP contribution is -2.01. The summed E-state index contributed by atoms with van der Waals surface area (Å²) in [5.41, 5.74) is 1.45. The van der Waals surface area contributed by atoms with Gasteiger partial charge in [-0.25, -0.2) is 8.78 Å². The number of carbonyl (C=O) groups is 1. The molecule has 0 amide bonds. The number of aryl methyl sites for hydroxylation is 1. The molecule has 162 valence electrons. The highest BCUT2D eigenvalue weighted by molar-refractivity contribution is 9.10. The fraction of sp³-hybridized carbons (Fsp3) is 0.208. The minimum atomic E-state index is -0.773. The molecule has 0 fully saturated rings. The van der Waals surface area contributed by atoms with Gasteiger partial charge >= 0.3 is 0 Å². The third-order valence-corrected chi connectivity index (χ3v) is 6.67. The number of rotatable bonds is 9. The van der Waals surface area contributed by atoms with Crippen LogP contribution in [-0.2, 0) is 13.0 Å². The van der Waals surface area contributed by atoms with E-state index in [0.717, 1.165) is 39.9 Å². The van der Waals surface area contributed by atoms with Gasteiger partial charge in [0.25, 0.3) is 0 Å². The third-order valence-electron chi connectivity index (χ3n) is 4.49. The van der Waals surface area contributed by atoms with E-state index in [-0.39, 0.29) is 18.1 Å². The minimum Gasteiger partial charge on any atom is -0.496 e. The smallest absolute Gasteiger partial charge is 0.195 e. The first kappa shape index (κ1) is 23.2. The summed E-state index contributed by atoms with van der Waals surface area (Å²) in [6.45, 7) is 2.13. The van der Waals surface area contributed by atoms with Gasteiger partial charge in [-0.3, -0.25) is 4.79 Å². The van der Waals surface area contributed by atoms with Crippen LogP contribution in [0.15, 0.2) is 53.0 Å². The zero-order valence-electron chi connectivity index (χ0n) is 17.1. The molecule has 7 heteroatoms. The Labute approximate surface area is 192 Å². The number of carbonyl (C=O) groups excluding carboxylic acids is 1. The summed E-state index contributed by atoms with van der Waals surface area (Å²) in [5, 5.41) is 0. The van der Waals surface area contributed by atoms with Crippen LogP contribution in [0.25, 0.3) is 6.08 Å². The molecule has 0 saturated heterocycles. The van der Waals surface area contributed by atoms with Gasteiger partial charge in [0.15, 0.2) is 17.3 Å². The van der Waals surface area contributed by atoms with Gasteiger partial charge in [-0.15, -0.1) is 11.3 Å². The molecule has 1 aromatic heterocycles. The van der Waals surface area contributed by atoms with Crippen LogP contribution in [0.2, 0.25) is 0 Å². The maximum Gasteiger partial charge on any atom is 0.195 e. The zero-order valence-corrected chi connectivity index (χ0v) is 19.5. The van der Waals surface area contributed by atoms with Crippen molar-refractivity contribution < 1.29 is 23.0 Å². The van der Waals surface area contributed by atoms with Gasteiger partial charge in [0.1, 0.15) is 18.2 Å². The molecule has 0 N–H and O–H groups in total. The Morgan fingerprint density at radius 1 is 1.13 bits per heavy atom. The number of ether oxygens (including phenoxy) is 2. The van der Waals surface area contributed by atoms with Gasteiger partial charge in [-0.2, -0.15) is 0 Å². The van der Waals surface area contributed by atoms with E-state index in [1.807, 2.05) is 12.1 Å². The van der Waals surface area contributed by atoms with Crippen molar-refractivity contribution in [3.05, 3.63) is 85.5 Å². The summed E-state index contributed by atoms with van der Waals surface area (Å²) < 4.78 is 38.7. The van der Waals surface area contributed by atoms with Crippen molar-refractivity contribution in [2.24, 2.45) is 0 Å². The monoisotopic (exact) mass is 506 g/mol. The molecule has 3 nitrogen and oxygen atoms in total. The summed E-state index contributed by atoms with van der Waals surface area (Å²) in [4.78, 5) is 14.4. The van der Waals surface area contributed by atoms with E-state index in [9.17, 15) is 13.6 Å². The maximum atomic E-state index is 13.8. The Kier molecular flexibility index (Phi) is 7.98. The van der Waals surface area contributed by atoms with Gasteiger partial charge < -0.3 is 9.47 Å². The van der Waals surface area contributed by atoms with Crippen LogP contribution in [0.4, 0.5) is 8.78 Å². The second-order valence-electron chi connectivity index (χ2n) is 6.76. The molecule has 0 aliphatic rings. The van der Waals surface area contributed by atoms with E-state index >= 15 is 0 Å². The van der Waals surface area contributed by atoms with Crippen molar-refractivity contribution >= 4 is 39.1 Å². The number of benzene rings is 2. The first-order valence-corrected chi connectivity index (χ1v) is 11.3. The van der Waals surface area contributed by atoms with Crippen LogP contribution >= 0.6 is 27.3 Å². The van der Waals surface area contributed by atoms with E-state index < -0.39 is 11.6 Å². The first-order valence-electron chi connectivity index (χ1n) is 9.66. The average molecular weight is 507 g/mol. The molecule has 31 heavy (non-hydrogen) atoms. The summed E-state index contributed by atoms with van der Waals surface area (Å²) in [7, 11) is 1.53. The van der Waals surface area contributed by atoms with Crippen LogP contribution in [0.1, 0.15) is 39.0 Å². The van der Waals surface area contributed by atoms with Crippen molar-refractivity contribution in [1.82, 2.24) is 0 Å². The van der Waals surface area contributed by atoms with Crippen molar-refractivity contribution in [2.45, 2.75) is 26.4 Å². The second-order valence-corrected chi connectivity index (χ2v) is 8.76. The molecule has 2 aromatic carbocycles. The summed E-state index contributed by atoms with van der Waals surface area (Å²) in [5.74, 6) is -0.998. The molecule has 0 spiro atoms. The summed E-state index contributed by atoms with van der Waals surface area (Å²) >= 11 is 5.01. The molecular formula is C24H21BrF2O3S. The van der Waals surface area contributed by atoms with Crippen molar-refractivity contribution in [2.75, 3.05) is 7.11 Å². The highest BCUT2D eigenvalue weighted by Gasteiger charge is 2.12. The number of hydrogen-bond donors (Lipinski definition) is 0. The van der Waals surface area contributed by atoms with Crippen molar-refractivity contribution in [1.29, 1.82) is 0 Å². The molecule has 0 aliphatic carbocycles. The van der Waals surface area contributed by atoms with Gasteiger partial charge in [-0.05, 0) is 64.3 Å². The Bertz CT molecular complexity index is 1110. The van der Waals surface area contributed by atoms with E-state index in [1.54, 1.807) is 18.2 Å². The van der Waals surface area contributed by atoms with Gasteiger partial charge in [0, 0.05) is 21.0 Å². The topological polar surface area (TPSA) is 35.5 Å². The fourth-order valence-electron chi connectivity index (χ4n) is 2.94. The highest BCUT2D eigenvalue weighted by atomic mass is 79.9. The number of ketones is 1. The first-order chi connectivity index (χ1) is 14.9. The Hall–Kier alpha value is -2.51. The third kappa shape index (κ3) is 6.02. The van der Waals surface area contributed by atoms with E-state index in [0.29, 0.717) is 16.2 Å². The maximum absolute atomic E-state index is 13.8. The Balaban J connectivity index is 1.74. The zero-order chi connectivity index (χ0) is 22.4. The number of thiophene rings is 1. The second kappa shape index (κ2) is 10.7. The number of allylic oxidation sites excluding steroid dienone is 1. The number of methoxy groups -OCH3 is 1. The minimum absolute atomic E-state index is 0.0274. The fourth-order valence-corrected chi connectivity index (χ4v) is 4.84. The summed E-state index contributed by atoms with van der Waals surface area (Å²) in [6, 6.07) is 10.4. The van der Waals surface area contributed by atoms with Gasteiger partial charge in [0.05, 0.1) is 12.0 Å². The molecule has 0 atom stereocenters. The standard InChI is InChI=1S/C24H21BrF2O3S/c1-3-4-23-18(25)13-24(31-23)20(28)8-5-15-6-9-21(29-2)16(11-15)14-30-22-10-7-17(26)12-19(22)27/h5-13H,3-4,14H2,1-2H3/b8-5+. The normalized spacial score (nSPS) is 11.1. The largest absolute Gasteiger partial charge is 0.496 e. The number of hydrogen-bond acceptors (Lipinski definition) is 4. The molecule has 1 heterocycles. The molecule has 0 bridgehead atoms. The van der Waals surface area contributed by atoms with Crippen LogP contribution < -0.4 is 9.47 Å². The lowest BCUT2D eigenvalue weighted by molar-refractivity contribution is 0.105. The molecule has 0 radical (unpaired) electrons. The van der Waals surface area contributed by atoms with Gasteiger partial charge in [0.2, 0.25) is 0 Å². The summed E-state index contributed by atoms with van der Waals surface area (Å²) in [6.07, 6.45) is 5.19. The van der Waals surface area contributed by atoms with Crippen molar-refractivity contribution in [3.63, 3.8) is 0 Å². The van der Waals surface area contributed by atoms with Crippen LogP contribution in [0.3, 0.4) is 0 Å². The average Bonchev–Trinajstić information content (AvgIpc) is 3.12. The van der Waals surface area contributed by atoms with Crippen molar-refractivity contribution in [3.8, 4) is 11.5 Å². The van der Waals surface area contributed by atoms with Crippen LogP contribution in [0.5, 0.6) is 11.5 Å². The predicted molar refractivity (Wildman–Crippen MR) is 123 cm³/mol. The van der Waals surface area contributed by atoms with Crippen LogP contribution in [0, 0.1) is 11.6 Å². The van der Waals surface area contributed by atoms with Gasteiger partial charge in [-0.1, -0.05) is 25.5 Å². The lowest BCUT2D eigenvalue weighted by Gasteiger charge is -2.12. The molecule has 0 saturated carbocycles. The van der Waals surface area contributed by atoms with E-state index in [4.69, 9.17) is 9.47 Å². The SMILES string of the molecule is CCCc1sc(C(=O)/C=C/c2ccc(OC)c(COc3ccc(F)cc3F)c2)cc1Br. The predicted octanol–water partition coefficient (Wildman–Crippen LogP) is 7.23. The van der Waals surface area contributed by atoms with E-state index in [1.165, 1.54) is 30.6 Å². The molecule has 0 unspecified atom stereocenters. The van der Waals surface area contributed by atoms with E-state index in [2.05, 4.69) is 22.9 Å². The molecular weight excluding hydrogens is 486 g/mol. The molecule has 3 rings (SSSR count). The molecule has 3 aromatic rings. The number of halogens is 3. The van der Waals surface area contributed by atoms with Crippen LogP contribution in [-0.4, -0.2) is 12.9 Å².